The van der Waals surface area contributed by atoms with Crippen molar-refractivity contribution in [3.63, 3.8) is 0 Å². The van der Waals surface area contributed by atoms with Gasteiger partial charge in [-0.05, 0) is 25.3 Å². The topological polar surface area (TPSA) is 76.7 Å². The lowest BCUT2D eigenvalue weighted by atomic mass is 10.1. The number of amides is 2. The van der Waals surface area contributed by atoms with Gasteiger partial charge in [-0.2, -0.15) is 0 Å². The maximum absolute atomic E-state index is 11.7. The Labute approximate surface area is 128 Å². The summed E-state index contributed by atoms with van der Waals surface area (Å²) in [6.45, 7) is 3.97. The average molecular weight is 302 g/mol. The summed E-state index contributed by atoms with van der Waals surface area (Å²) in [4.78, 5) is 23.4. The maximum atomic E-state index is 11.7. The van der Waals surface area contributed by atoms with E-state index in [9.17, 15) is 9.59 Å². The minimum atomic E-state index is -0.579. The van der Waals surface area contributed by atoms with Crippen molar-refractivity contribution in [2.75, 3.05) is 23.8 Å². The van der Waals surface area contributed by atoms with E-state index in [2.05, 4.69) is 10.6 Å². The lowest BCUT2D eigenvalue weighted by Gasteiger charge is -2.14. The largest absolute Gasteiger partial charge is 0.450 e. The SMILES string of the molecule is CCOC(=O)Nc1ccc2ccccc2c1NC(=O)OCC. The number of fused-ring (bicyclic) bond motifs is 1. The van der Waals surface area contributed by atoms with Crippen molar-refractivity contribution in [1.29, 1.82) is 0 Å². The molecule has 2 aromatic carbocycles. The van der Waals surface area contributed by atoms with E-state index in [4.69, 9.17) is 9.47 Å². The van der Waals surface area contributed by atoms with Crippen LogP contribution in [0.4, 0.5) is 21.0 Å². The first-order valence-electron chi connectivity index (χ1n) is 7.05. The summed E-state index contributed by atoms with van der Waals surface area (Å²) >= 11 is 0. The van der Waals surface area contributed by atoms with Gasteiger partial charge in [0.2, 0.25) is 0 Å². The van der Waals surface area contributed by atoms with Crippen LogP contribution in [-0.4, -0.2) is 25.4 Å². The molecule has 0 aliphatic carbocycles. The highest BCUT2D eigenvalue weighted by atomic mass is 16.6. The number of hydrogen-bond donors (Lipinski definition) is 2. The van der Waals surface area contributed by atoms with Crippen molar-refractivity contribution < 1.29 is 19.1 Å². The highest BCUT2D eigenvalue weighted by molar-refractivity contribution is 6.08. The first-order chi connectivity index (χ1) is 10.7. The van der Waals surface area contributed by atoms with Crippen LogP contribution in [-0.2, 0) is 9.47 Å². The van der Waals surface area contributed by atoms with E-state index in [0.717, 1.165) is 10.8 Å². The van der Waals surface area contributed by atoms with Crippen LogP contribution in [0, 0.1) is 0 Å². The Morgan fingerprint density at radius 3 is 2.23 bits per heavy atom. The normalized spacial score (nSPS) is 10.1. The standard InChI is InChI=1S/C16H18N2O4/c1-3-21-15(19)17-13-10-9-11-7-5-6-8-12(11)14(13)18-16(20)22-4-2/h5-10H,3-4H2,1-2H3,(H,17,19)(H,18,20). The van der Waals surface area contributed by atoms with Gasteiger partial charge in [-0.1, -0.05) is 30.3 Å². The van der Waals surface area contributed by atoms with Crippen molar-refractivity contribution >= 4 is 34.3 Å². The van der Waals surface area contributed by atoms with E-state index in [1.54, 1.807) is 19.9 Å². The van der Waals surface area contributed by atoms with Crippen LogP contribution in [0.1, 0.15) is 13.8 Å². The van der Waals surface area contributed by atoms with Crippen molar-refractivity contribution in [3.8, 4) is 0 Å². The fraction of sp³-hybridized carbons (Fsp3) is 0.250. The molecule has 0 fully saturated rings. The number of nitrogens with one attached hydrogen (secondary N) is 2. The van der Waals surface area contributed by atoms with Gasteiger partial charge in [-0.15, -0.1) is 0 Å². The molecule has 2 rings (SSSR count). The van der Waals surface area contributed by atoms with Crippen LogP contribution in [0.3, 0.4) is 0 Å². The van der Waals surface area contributed by atoms with Gasteiger partial charge >= 0.3 is 12.2 Å². The monoisotopic (exact) mass is 302 g/mol. The third-order valence-corrected chi connectivity index (χ3v) is 2.94. The van der Waals surface area contributed by atoms with Crippen LogP contribution in [0.15, 0.2) is 36.4 Å². The van der Waals surface area contributed by atoms with Gasteiger partial charge in [0.15, 0.2) is 0 Å². The van der Waals surface area contributed by atoms with Gasteiger partial charge < -0.3 is 9.47 Å². The second-order valence-electron chi connectivity index (χ2n) is 4.40. The van der Waals surface area contributed by atoms with E-state index >= 15 is 0 Å². The fourth-order valence-corrected chi connectivity index (χ4v) is 2.06. The molecule has 0 radical (unpaired) electrons. The Bertz CT molecular complexity index is 685. The van der Waals surface area contributed by atoms with Gasteiger partial charge in [0.05, 0.1) is 24.6 Å². The molecular formula is C16H18N2O4. The Hall–Kier alpha value is -2.76. The predicted molar refractivity (Wildman–Crippen MR) is 85.2 cm³/mol. The summed E-state index contributed by atoms with van der Waals surface area (Å²) in [6.07, 6.45) is -1.16. The molecule has 0 saturated carbocycles. The van der Waals surface area contributed by atoms with E-state index in [1.807, 2.05) is 30.3 Å². The highest BCUT2D eigenvalue weighted by Crippen LogP contribution is 2.31. The zero-order valence-corrected chi connectivity index (χ0v) is 12.5. The van der Waals surface area contributed by atoms with Crippen molar-refractivity contribution in [3.05, 3.63) is 36.4 Å². The fourth-order valence-electron chi connectivity index (χ4n) is 2.06. The highest BCUT2D eigenvalue weighted by Gasteiger charge is 2.13. The summed E-state index contributed by atoms with van der Waals surface area (Å²) in [5, 5.41) is 7.02. The van der Waals surface area contributed by atoms with Crippen molar-refractivity contribution in [2.45, 2.75) is 13.8 Å². The molecule has 0 unspecified atom stereocenters. The number of hydrogen-bond acceptors (Lipinski definition) is 4. The number of ether oxygens (including phenoxy) is 2. The molecule has 0 heterocycles. The third-order valence-electron chi connectivity index (χ3n) is 2.94. The molecule has 0 aliphatic heterocycles. The summed E-state index contributed by atoms with van der Waals surface area (Å²) < 4.78 is 9.78. The molecule has 0 bridgehead atoms. The lowest BCUT2D eigenvalue weighted by Crippen LogP contribution is -2.18. The summed E-state index contributed by atoms with van der Waals surface area (Å²) in [7, 11) is 0. The van der Waals surface area contributed by atoms with Crippen LogP contribution in [0.5, 0.6) is 0 Å². The average Bonchev–Trinajstić information content (AvgIpc) is 2.50. The summed E-state index contributed by atoms with van der Waals surface area (Å²) in [5.41, 5.74) is 0.926. The molecule has 2 amide bonds. The van der Waals surface area contributed by atoms with Crippen LogP contribution in [0.25, 0.3) is 10.8 Å². The quantitative estimate of drug-likeness (QED) is 0.895. The number of carbonyl (C=O) groups excluding carboxylic acids is 2. The van der Waals surface area contributed by atoms with E-state index in [1.165, 1.54) is 0 Å². The first-order valence-corrected chi connectivity index (χ1v) is 7.05. The van der Waals surface area contributed by atoms with Crippen LogP contribution in [0.2, 0.25) is 0 Å². The lowest BCUT2D eigenvalue weighted by molar-refractivity contribution is 0.166. The van der Waals surface area contributed by atoms with E-state index in [-0.39, 0.29) is 13.2 Å². The van der Waals surface area contributed by atoms with Gasteiger partial charge in [0.1, 0.15) is 0 Å². The molecule has 2 aromatic rings. The van der Waals surface area contributed by atoms with Crippen molar-refractivity contribution in [2.24, 2.45) is 0 Å². The molecule has 0 aromatic heterocycles. The predicted octanol–water partition coefficient (Wildman–Crippen LogP) is 3.98. The second-order valence-corrected chi connectivity index (χ2v) is 4.40. The Morgan fingerprint density at radius 2 is 1.55 bits per heavy atom. The number of rotatable bonds is 4. The molecular weight excluding hydrogens is 284 g/mol. The third kappa shape index (κ3) is 3.66. The molecule has 2 N–H and O–H groups in total. The molecule has 0 spiro atoms. The Kier molecular flexibility index (Phi) is 5.19. The zero-order valence-electron chi connectivity index (χ0n) is 12.5. The maximum Gasteiger partial charge on any atom is 0.411 e. The molecule has 6 heteroatoms. The minimum Gasteiger partial charge on any atom is -0.450 e. The van der Waals surface area contributed by atoms with E-state index < -0.39 is 12.2 Å². The molecule has 0 aliphatic rings. The second kappa shape index (κ2) is 7.31. The molecule has 22 heavy (non-hydrogen) atoms. The summed E-state index contributed by atoms with van der Waals surface area (Å²) in [5.74, 6) is 0. The Morgan fingerprint density at radius 1 is 0.909 bits per heavy atom. The zero-order chi connectivity index (χ0) is 15.9. The smallest absolute Gasteiger partial charge is 0.411 e. The molecule has 0 atom stereocenters. The van der Waals surface area contributed by atoms with Crippen molar-refractivity contribution in [1.82, 2.24) is 0 Å². The molecule has 6 nitrogen and oxygen atoms in total. The number of carbonyl (C=O) groups is 2. The first kappa shape index (κ1) is 15.6. The number of benzene rings is 2. The minimum absolute atomic E-state index is 0.261. The van der Waals surface area contributed by atoms with Gasteiger partial charge in [-0.3, -0.25) is 10.6 Å². The van der Waals surface area contributed by atoms with Crippen LogP contribution < -0.4 is 10.6 Å². The van der Waals surface area contributed by atoms with E-state index in [0.29, 0.717) is 11.4 Å². The van der Waals surface area contributed by atoms with Gasteiger partial charge in [-0.25, -0.2) is 9.59 Å². The van der Waals surface area contributed by atoms with Crippen LogP contribution >= 0.6 is 0 Å². The summed E-state index contributed by atoms with van der Waals surface area (Å²) in [6, 6.07) is 11.1. The van der Waals surface area contributed by atoms with Gasteiger partial charge in [0.25, 0.3) is 0 Å². The molecule has 0 saturated heterocycles. The number of anilines is 2. The Balaban J connectivity index is 2.41. The molecule has 116 valence electrons. The van der Waals surface area contributed by atoms with Gasteiger partial charge in [0, 0.05) is 5.39 Å².